The van der Waals surface area contributed by atoms with E-state index in [0.29, 0.717) is 12.0 Å². The van der Waals surface area contributed by atoms with Crippen molar-refractivity contribution in [1.29, 1.82) is 0 Å². The Hall–Kier alpha value is -0.390. The fourth-order valence-corrected chi connectivity index (χ4v) is 6.77. The molecule has 0 bridgehead atoms. The van der Waals surface area contributed by atoms with Gasteiger partial charge in [-0.2, -0.15) is 0 Å². The first-order valence-electron chi connectivity index (χ1n) is 17.0. The van der Waals surface area contributed by atoms with Gasteiger partial charge in [0.15, 0.2) is 0 Å². The van der Waals surface area contributed by atoms with Crippen molar-refractivity contribution in [2.45, 2.75) is 173 Å². The van der Waals surface area contributed by atoms with Gasteiger partial charge in [-0.1, -0.05) is 160 Å². The third-order valence-corrected chi connectivity index (χ3v) is 9.44. The smallest absolute Gasteiger partial charge is 0.744 e. The van der Waals surface area contributed by atoms with Gasteiger partial charge in [-0.3, -0.25) is 0 Å². The van der Waals surface area contributed by atoms with Crippen LogP contribution in [0.5, 0.6) is 0 Å². The molecule has 2 aromatic carbocycles. The number of hydrogen-bond donors (Lipinski definition) is 0. The van der Waals surface area contributed by atoms with Gasteiger partial charge >= 0.3 is 29.6 Å². The van der Waals surface area contributed by atoms with E-state index >= 15 is 0 Å². The molecule has 0 saturated carbocycles. The molecule has 5 heteroatoms. The molecule has 3 nitrogen and oxygen atoms in total. The van der Waals surface area contributed by atoms with Gasteiger partial charge in [0.05, 0.1) is 4.90 Å². The molecule has 0 radical (unpaired) electrons. The van der Waals surface area contributed by atoms with Crippen LogP contribution in [0.3, 0.4) is 0 Å². The van der Waals surface area contributed by atoms with Crippen molar-refractivity contribution >= 4 is 20.9 Å². The van der Waals surface area contributed by atoms with Crippen molar-refractivity contribution in [1.82, 2.24) is 0 Å². The summed E-state index contributed by atoms with van der Waals surface area (Å²) in [6.07, 6.45) is 29.8. The van der Waals surface area contributed by atoms with Crippen molar-refractivity contribution in [3.8, 4) is 0 Å². The van der Waals surface area contributed by atoms with Gasteiger partial charge in [-0.25, -0.2) is 8.42 Å². The maximum Gasteiger partial charge on any atom is 1.00 e. The minimum Gasteiger partial charge on any atom is -0.744 e. The molecule has 0 unspecified atom stereocenters. The summed E-state index contributed by atoms with van der Waals surface area (Å²) in [5, 5.41) is 2.00. The standard InChI is InChI=1S/C36H60O3S.Na/c1-3-5-7-9-11-13-15-17-19-21-23-26-32-28-25-29-33-30-34(36(31-35(32)33)40(37,38)39)27-24-22-20-18-16-14-12-10-8-6-4-2;/h25,28-31H,3-24,26-27H2,1-2H3,(H,37,38,39);/q;+1/p-1. The molecule has 0 fully saturated rings. The van der Waals surface area contributed by atoms with Gasteiger partial charge in [0.2, 0.25) is 0 Å². The van der Waals surface area contributed by atoms with Crippen LogP contribution in [0.25, 0.3) is 10.8 Å². The van der Waals surface area contributed by atoms with E-state index in [0.717, 1.165) is 36.5 Å². The monoisotopic (exact) mass is 594 g/mol. The summed E-state index contributed by atoms with van der Waals surface area (Å²) >= 11 is 0. The summed E-state index contributed by atoms with van der Waals surface area (Å²) in [5.41, 5.74) is 1.87. The molecule has 0 atom stereocenters. The predicted molar refractivity (Wildman–Crippen MR) is 172 cm³/mol. The van der Waals surface area contributed by atoms with Gasteiger partial charge < -0.3 is 4.55 Å². The van der Waals surface area contributed by atoms with Crippen molar-refractivity contribution in [3.05, 3.63) is 41.5 Å². The van der Waals surface area contributed by atoms with E-state index in [9.17, 15) is 13.0 Å². The second-order valence-electron chi connectivity index (χ2n) is 12.1. The minimum absolute atomic E-state index is 0. The minimum atomic E-state index is -4.50. The Balaban J connectivity index is 0.00000840. The van der Waals surface area contributed by atoms with Crippen LogP contribution < -0.4 is 29.6 Å². The SMILES string of the molecule is CCCCCCCCCCCCCc1cc2cccc(CCCCCCCCCCCCC)c2cc1S(=O)(=O)[O-].[Na+]. The fraction of sp³-hybridized carbons (Fsp3) is 0.722. The van der Waals surface area contributed by atoms with Crippen LogP contribution in [0, 0.1) is 0 Å². The van der Waals surface area contributed by atoms with E-state index in [1.165, 1.54) is 128 Å². The van der Waals surface area contributed by atoms with E-state index in [1.54, 1.807) is 6.07 Å². The normalized spacial score (nSPS) is 11.7. The second-order valence-corrected chi connectivity index (χ2v) is 13.5. The molecule has 228 valence electrons. The fourth-order valence-electron chi connectivity index (χ4n) is 6.02. The molecule has 41 heavy (non-hydrogen) atoms. The third-order valence-electron chi connectivity index (χ3n) is 8.52. The molecule has 0 aliphatic carbocycles. The predicted octanol–water partition coefficient (Wildman–Crippen LogP) is 8.45. The number of rotatable bonds is 25. The van der Waals surface area contributed by atoms with E-state index in [1.807, 2.05) is 6.07 Å². The summed E-state index contributed by atoms with van der Waals surface area (Å²) in [5.74, 6) is 0. The van der Waals surface area contributed by atoms with Gasteiger partial charge in [0, 0.05) is 0 Å². The Morgan fingerprint density at radius 3 is 1.34 bits per heavy atom. The Morgan fingerprint density at radius 2 is 0.927 bits per heavy atom. The summed E-state index contributed by atoms with van der Waals surface area (Å²) < 4.78 is 36.6. The molecule has 2 aromatic rings. The van der Waals surface area contributed by atoms with Crippen molar-refractivity contribution in [3.63, 3.8) is 0 Å². The maximum absolute atomic E-state index is 12.2. The first-order chi connectivity index (χ1) is 19.5. The molecule has 0 spiro atoms. The first kappa shape index (κ1) is 38.6. The molecule has 0 amide bonds. The largest absolute Gasteiger partial charge is 1.00 e. The van der Waals surface area contributed by atoms with Gasteiger partial charge in [-0.15, -0.1) is 0 Å². The van der Waals surface area contributed by atoms with Gasteiger partial charge in [-0.05, 0) is 59.7 Å². The van der Waals surface area contributed by atoms with Crippen LogP contribution in [0.15, 0.2) is 35.2 Å². The van der Waals surface area contributed by atoms with Crippen LogP contribution in [-0.2, 0) is 23.0 Å². The Bertz CT molecular complexity index is 1030. The van der Waals surface area contributed by atoms with Crippen LogP contribution >= 0.6 is 0 Å². The van der Waals surface area contributed by atoms with Crippen molar-refractivity contribution in [2.24, 2.45) is 0 Å². The number of benzene rings is 2. The average Bonchev–Trinajstić information content (AvgIpc) is 2.93. The van der Waals surface area contributed by atoms with E-state index in [4.69, 9.17) is 0 Å². The number of unbranched alkanes of at least 4 members (excludes halogenated alkanes) is 20. The summed E-state index contributed by atoms with van der Waals surface area (Å²) in [6, 6.07) is 9.89. The molecule has 0 heterocycles. The number of aryl methyl sites for hydroxylation is 2. The zero-order chi connectivity index (χ0) is 28.9. The number of fused-ring (bicyclic) bond motifs is 1. The molecule has 0 N–H and O–H groups in total. The summed E-state index contributed by atoms with van der Waals surface area (Å²) in [4.78, 5) is -0.00142. The third kappa shape index (κ3) is 16.9. The van der Waals surface area contributed by atoms with Crippen molar-refractivity contribution in [2.75, 3.05) is 0 Å². The molecular weight excluding hydrogens is 535 g/mol. The zero-order valence-electron chi connectivity index (χ0n) is 27.0. The van der Waals surface area contributed by atoms with Gasteiger partial charge in [0.1, 0.15) is 10.1 Å². The van der Waals surface area contributed by atoms with Crippen LogP contribution in [0.2, 0.25) is 0 Å². The first-order valence-corrected chi connectivity index (χ1v) is 18.4. The second kappa shape index (κ2) is 24.0. The molecule has 2 rings (SSSR count). The van der Waals surface area contributed by atoms with E-state index < -0.39 is 10.1 Å². The zero-order valence-corrected chi connectivity index (χ0v) is 29.8. The summed E-state index contributed by atoms with van der Waals surface area (Å²) in [7, 11) is -4.50. The Labute approximate surface area is 276 Å². The summed E-state index contributed by atoms with van der Waals surface area (Å²) in [6.45, 7) is 4.52. The topological polar surface area (TPSA) is 57.2 Å². The Morgan fingerprint density at radius 1 is 0.537 bits per heavy atom. The Kier molecular flexibility index (Phi) is 22.6. The van der Waals surface area contributed by atoms with Crippen LogP contribution in [-0.4, -0.2) is 13.0 Å². The van der Waals surface area contributed by atoms with E-state index in [-0.39, 0.29) is 34.5 Å². The number of hydrogen-bond acceptors (Lipinski definition) is 3. The van der Waals surface area contributed by atoms with E-state index in [2.05, 4.69) is 32.0 Å². The molecular formula is C36H59NaO3S. The molecule has 0 saturated heterocycles. The molecule has 0 aliphatic heterocycles. The average molecular weight is 595 g/mol. The van der Waals surface area contributed by atoms with Crippen LogP contribution in [0.4, 0.5) is 0 Å². The van der Waals surface area contributed by atoms with Crippen molar-refractivity contribution < 1.29 is 42.5 Å². The maximum atomic E-state index is 12.2. The van der Waals surface area contributed by atoms with Gasteiger partial charge in [0.25, 0.3) is 0 Å². The van der Waals surface area contributed by atoms with Crippen LogP contribution in [0.1, 0.15) is 166 Å². The molecule has 0 aliphatic rings. The molecule has 0 aromatic heterocycles. The quantitative estimate of drug-likeness (QED) is 0.0658.